The summed E-state index contributed by atoms with van der Waals surface area (Å²) in [4.78, 5) is 24.3. The topological polar surface area (TPSA) is 55.4 Å². The highest BCUT2D eigenvalue weighted by atomic mass is 16.5. The first-order valence-corrected chi connectivity index (χ1v) is 8.14. The lowest BCUT2D eigenvalue weighted by molar-refractivity contribution is -0.117. The molecule has 124 valence electrons. The fraction of sp³-hybridized carbons (Fsp3) is 0.300. The number of carbonyl (C=O) groups excluding carboxylic acids is 2. The van der Waals surface area contributed by atoms with Gasteiger partial charge in [0, 0.05) is 11.6 Å². The Kier molecular flexibility index (Phi) is 4.38. The Bertz CT molecular complexity index is 797. The number of hydrogen-bond acceptors (Lipinski definition) is 3. The SMILES string of the molecule is Cc1ccc(OC(=O)c2cccc(NC(=O)C3CC3C)c2)cc1C. The molecule has 1 N–H and O–H groups in total. The number of carbonyl (C=O) groups is 2. The number of aryl methyl sites for hydroxylation is 2. The van der Waals surface area contributed by atoms with E-state index in [2.05, 4.69) is 12.2 Å². The second-order valence-corrected chi connectivity index (χ2v) is 6.53. The maximum Gasteiger partial charge on any atom is 0.343 e. The molecule has 1 aliphatic rings. The third kappa shape index (κ3) is 3.65. The van der Waals surface area contributed by atoms with E-state index in [0.717, 1.165) is 17.5 Å². The highest BCUT2D eigenvalue weighted by molar-refractivity contribution is 5.97. The van der Waals surface area contributed by atoms with Gasteiger partial charge in [0.05, 0.1) is 5.56 Å². The Morgan fingerprint density at radius 2 is 1.83 bits per heavy atom. The predicted molar refractivity (Wildman–Crippen MR) is 93.2 cm³/mol. The lowest BCUT2D eigenvalue weighted by Crippen LogP contribution is -2.15. The summed E-state index contributed by atoms with van der Waals surface area (Å²) in [6.07, 6.45) is 0.931. The summed E-state index contributed by atoms with van der Waals surface area (Å²) in [7, 11) is 0. The zero-order valence-electron chi connectivity index (χ0n) is 14.1. The van der Waals surface area contributed by atoms with Gasteiger partial charge in [0.1, 0.15) is 5.75 Å². The number of hydrogen-bond donors (Lipinski definition) is 1. The molecule has 2 aromatic rings. The quantitative estimate of drug-likeness (QED) is 0.680. The van der Waals surface area contributed by atoms with Gasteiger partial charge in [-0.3, -0.25) is 4.79 Å². The standard InChI is InChI=1S/C20H21NO3/c1-12-7-8-17(9-13(12)2)24-20(23)15-5-4-6-16(11-15)21-19(22)18-10-14(18)3/h4-9,11,14,18H,10H2,1-3H3,(H,21,22). The Morgan fingerprint density at radius 1 is 1.08 bits per heavy atom. The summed E-state index contributed by atoms with van der Waals surface area (Å²) in [6.45, 7) is 6.04. The van der Waals surface area contributed by atoms with Gasteiger partial charge in [-0.2, -0.15) is 0 Å². The van der Waals surface area contributed by atoms with Crippen molar-refractivity contribution in [3.8, 4) is 5.75 Å². The van der Waals surface area contributed by atoms with E-state index in [1.807, 2.05) is 26.0 Å². The fourth-order valence-electron chi connectivity index (χ4n) is 2.59. The lowest BCUT2D eigenvalue weighted by atomic mass is 10.1. The monoisotopic (exact) mass is 323 g/mol. The molecule has 1 amide bonds. The number of ether oxygens (including phenoxy) is 1. The molecule has 0 saturated heterocycles. The van der Waals surface area contributed by atoms with E-state index in [1.54, 1.807) is 30.3 Å². The molecule has 0 radical (unpaired) electrons. The molecule has 4 nitrogen and oxygen atoms in total. The van der Waals surface area contributed by atoms with Gasteiger partial charge in [-0.15, -0.1) is 0 Å². The van der Waals surface area contributed by atoms with E-state index in [4.69, 9.17) is 4.74 Å². The van der Waals surface area contributed by atoms with Crippen molar-refractivity contribution in [2.45, 2.75) is 27.2 Å². The molecule has 2 unspecified atom stereocenters. The first-order chi connectivity index (χ1) is 11.4. The molecule has 1 saturated carbocycles. The molecule has 1 aliphatic carbocycles. The molecule has 0 heterocycles. The number of amides is 1. The molecule has 0 aliphatic heterocycles. The first-order valence-electron chi connectivity index (χ1n) is 8.14. The number of esters is 1. The van der Waals surface area contributed by atoms with Crippen LogP contribution in [0.1, 0.15) is 34.8 Å². The summed E-state index contributed by atoms with van der Waals surface area (Å²) in [5.74, 6) is 0.639. The van der Waals surface area contributed by atoms with E-state index in [1.165, 1.54) is 0 Å². The summed E-state index contributed by atoms with van der Waals surface area (Å²) in [5, 5.41) is 2.86. The van der Waals surface area contributed by atoms with Crippen molar-refractivity contribution in [2.24, 2.45) is 11.8 Å². The molecule has 2 aromatic carbocycles. The molecule has 0 aromatic heterocycles. The number of rotatable bonds is 4. The molecule has 2 atom stereocenters. The van der Waals surface area contributed by atoms with Crippen LogP contribution in [0.4, 0.5) is 5.69 Å². The van der Waals surface area contributed by atoms with Crippen LogP contribution in [-0.4, -0.2) is 11.9 Å². The van der Waals surface area contributed by atoms with Crippen molar-refractivity contribution in [3.05, 3.63) is 59.2 Å². The molecule has 3 rings (SSSR count). The number of nitrogens with one attached hydrogen (secondary N) is 1. The highest BCUT2D eigenvalue weighted by Crippen LogP contribution is 2.38. The third-order valence-corrected chi connectivity index (χ3v) is 4.50. The van der Waals surface area contributed by atoms with Gasteiger partial charge >= 0.3 is 5.97 Å². The third-order valence-electron chi connectivity index (χ3n) is 4.50. The van der Waals surface area contributed by atoms with Crippen LogP contribution in [0, 0.1) is 25.7 Å². The van der Waals surface area contributed by atoms with Crippen LogP contribution in [0.25, 0.3) is 0 Å². The van der Waals surface area contributed by atoms with Gasteiger partial charge in [0.2, 0.25) is 5.91 Å². The Hall–Kier alpha value is -2.62. The summed E-state index contributed by atoms with van der Waals surface area (Å²) >= 11 is 0. The van der Waals surface area contributed by atoms with Crippen LogP contribution in [0.3, 0.4) is 0 Å². The van der Waals surface area contributed by atoms with E-state index >= 15 is 0 Å². The van der Waals surface area contributed by atoms with Crippen LogP contribution >= 0.6 is 0 Å². The van der Waals surface area contributed by atoms with Crippen molar-refractivity contribution in [1.29, 1.82) is 0 Å². The van der Waals surface area contributed by atoms with Crippen molar-refractivity contribution in [2.75, 3.05) is 5.32 Å². The number of anilines is 1. The predicted octanol–water partition coefficient (Wildman–Crippen LogP) is 4.12. The smallest absolute Gasteiger partial charge is 0.343 e. The first kappa shape index (κ1) is 16.2. The van der Waals surface area contributed by atoms with Gasteiger partial charge in [-0.25, -0.2) is 4.79 Å². The van der Waals surface area contributed by atoms with Gasteiger partial charge in [-0.1, -0.05) is 19.1 Å². The molecule has 0 spiro atoms. The molecule has 4 heteroatoms. The Morgan fingerprint density at radius 3 is 2.50 bits per heavy atom. The Labute approximate surface area is 141 Å². The summed E-state index contributed by atoms with van der Waals surface area (Å²) in [5.41, 5.74) is 3.25. The van der Waals surface area contributed by atoms with Gasteiger partial charge in [0.15, 0.2) is 0 Å². The molecule has 1 fully saturated rings. The summed E-state index contributed by atoms with van der Waals surface area (Å²) in [6, 6.07) is 12.4. The second-order valence-electron chi connectivity index (χ2n) is 6.53. The molecule has 0 bridgehead atoms. The zero-order valence-corrected chi connectivity index (χ0v) is 14.1. The summed E-state index contributed by atoms with van der Waals surface area (Å²) < 4.78 is 5.42. The van der Waals surface area contributed by atoms with E-state index in [9.17, 15) is 9.59 Å². The van der Waals surface area contributed by atoms with E-state index < -0.39 is 5.97 Å². The highest BCUT2D eigenvalue weighted by Gasteiger charge is 2.39. The van der Waals surface area contributed by atoms with Crippen LogP contribution in [0.2, 0.25) is 0 Å². The van der Waals surface area contributed by atoms with E-state index in [-0.39, 0.29) is 11.8 Å². The maximum absolute atomic E-state index is 12.3. The minimum Gasteiger partial charge on any atom is -0.423 e. The van der Waals surface area contributed by atoms with Crippen LogP contribution in [-0.2, 0) is 4.79 Å². The minimum atomic E-state index is -0.436. The van der Waals surface area contributed by atoms with Crippen molar-refractivity contribution >= 4 is 17.6 Å². The average Bonchev–Trinajstić information content (AvgIpc) is 3.28. The molecular weight excluding hydrogens is 302 g/mol. The second kappa shape index (κ2) is 6.48. The zero-order chi connectivity index (χ0) is 17.3. The van der Waals surface area contributed by atoms with Crippen molar-refractivity contribution < 1.29 is 14.3 Å². The van der Waals surface area contributed by atoms with Gasteiger partial charge < -0.3 is 10.1 Å². The fourth-order valence-corrected chi connectivity index (χ4v) is 2.59. The van der Waals surface area contributed by atoms with Crippen LogP contribution < -0.4 is 10.1 Å². The lowest BCUT2D eigenvalue weighted by Gasteiger charge is -2.09. The maximum atomic E-state index is 12.3. The van der Waals surface area contributed by atoms with E-state index in [0.29, 0.717) is 22.9 Å². The average molecular weight is 323 g/mol. The molecular formula is C20H21NO3. The Balaban J connectivity index is 1.69. The van der Waals surface area contributed by atoms with Crippen LogP contribution in [0.5, 0.6) is 5.75 Å². The van der Waals surface area contributed by atoms with Gasteiger partial charge in [-0.05, 0) is 67.6 Å². The van der Waals surface area contributed by atoms with Crippen LogP contribution in [0.15, 0.2) is 42.5 Å². The van der Waals surface area contributed by atoms with Gasteiger partial charge in [0.25, 0.3) is 0 Å². The molecule has 24 heavy (non-hydrogen) atoms. The van der Waals surface area contributed by atoms with Crippen molar-refractivity contribution in [3.63, 3.8) is 0 Å². The largest absolute Gasteiger partial charge is 0.423 e. The number of benzene rings is 2. The minimum absolute atomic E-state index is 0.0159. The normalized spacial score (nSPS) is 18.8. The van der Waals surface area contributed by atoms with Crippen molar-refractivity contribution in [1.82, 2.24) is 0 Å².